The van der Waals surface area contributed by atoms with Crippen LogP contribution >= 0.6 is 15.9 Å². The van der Waals surface area contributed by atoms with Crippen molar-refractivity contribution < 1.29 is 18.3 Å². The highest BCUT2D eigenvalue weighted by Crippen LogP contribution is 2.26. The first kappa shape index (κ1) is 16.9. The zero-order valence-electron chi connectivity index (χ0n) is 11.9. The second-order valence-corrected chi connectivity index (χ2v) is 6.10. The molecule has 0 saturated heterocycles. The Morgan fingerprint density at radius 3 is 2.60 bits per heavy atom. The van der Waals surface area contributed by atoms with Gasteiger partial charge >= 0.3 is 0 Å². The van der Waals surface area contributed by atoms with Crippen LogP contribution in [-0.4, -0.2) is 17.6 Å². The summed E-state index contributed by atoms with van der Waals surface area (Å²) in [6, 6.07) is 2.28. The van der Waals surface area contributed by atoms with Gasteiger partial charge in [0, 0.05) is 10.0 Å². The van der Waals surface area contributed by atoms with Crippen LogP contribution in [-0.2, 0) is 4.79 Å². The zero-order chi connectivity index (χ0) is 15.5. The lowest BCUT2D eigenvalue weighted by Gasteiger charge is -2.26. The first-order valence-corrected chi connectivity index (χ1v) is 7.09. The van der Waals surface area contributed by atoms with Crippen LogP contribution in [0.4, 0.5) is 8.78 Å². The van der Waals surface area contributed by atoms with Crippen molar-refractivity contribution in [2.24, 2.45) is 0 Å². The maximum atomic E-state index is 13.6. The molecule has 0 fully saturated rings. The van der Waals surface area contributed by atoms with Crippen molar-refractivity contribution in [3.63, 3.8) is 0 Å². The molecule has 0 spiro atoms. The number of benzene rings is 1. The fourth-order valence-electron chi connectivity index (χ4n) is 1.39. The molecule has 0 aliphatic heterocycles. The maximum Gasteiger partial charge on any atom is 0.261 e. The molecule has 3 nitrogen and oxygen atoms in total. The van der Waals surface area contributed by atoms with Crippen molar-refractivity contribution in [2.75, 3.05) is 0 Å². The van der Waals surface area contributed by atoms with Gasteiger partial charge in [0.2, 0.25) is 5.82 Å². The zero-order valence-corrected chi connectivity index (χ0v) is 13.5. The molecular weight excluding hydrogens is 332 g/mol. The average Bonchev–Trinajstić information content (AvgIpc) is 2.34. The van der Waals surface area contributed by atoms with Crippen molar-refractivity contribution in [3.8, 4) is 5.75 Å². The predicted octanol–water partition coefficient (Wildman–Crippen LogP) is 3.80. The van der Waals surface area contributed by atoms with Gasteiger partial charge in [0.25, 0.3) is 5.91 Å². The number of hydrogen-bond acceptors (Lipinski definition) is 2. The Morgan fingerprint density at radius 1 is 1.45 bits per heavy atom. The van der Waals surface area contributed by atoms with Gasteiger partial charge in [0.15, 0.2) is 17.7 Å². The lowest BCUT2D eigenvalue weighted by atomic mass is 10.0. The van der Waals surface area contributed by atoms with E-state index in [0.717, 1.165) is 12.5 Å². The van der Waals surface area contributed by atoms with Crippen molar-refractivity contribution in [3.05, 3.63) is 28.2 Å². The molecule has 0 heterocycles. The fraction of sp³-hybridized carbons (Fsp3) is 0.500. The Bertz CT molecular complexity index is 506. The highest BCUT2D eigenvalue weighted by Gasteiger charge is 2.24. The van der Waals surface area contributed by atoms with E-state index in [1.807, 2.05) is 20.8 Å². The summed E-state index contributed by atoms with van der Waals surface area (Å²) in [6.07, 6.45) is -0.185. The quantitative estimate of drug-likeness (QED) is 0.821. The summed E-state index contributed by atoms with van der Waals surface area (Å²) in [5.74, 6) is -2.82. The third-order valence-electron chi connectivity index (χ3n) is 2.98. The van der Waals surface area contributed by atoms with Gasteiger partial charge in [-0.1, -0.05) is 22.9 Å². The highest BCUT2D eigenvalue weighted by molar-refractivity contribution is 9.10. The molecule has 1 N–H and O–H groups in total. The summed E-state index contributed by atoms with van der Waals surface area (Å²) in [4.78, 5) is 11.9. The molecule has 1 aromatic carbocycles. The maximum absolute atomic E-state index is 13.6. The second kappa shape index (κ2) is 6.52. The van der Waals surface area contributed by atoms with Crippen LogP contribution in [0.1, 0.15) is 34.1 Å². The Labute approximate surface area is 125 Å². The molecule has 1 amide bonds. The molecule has 1 rings (SSSR count). The molecule has 0 saturated carbocycles. The molecule has 1 unspecified atom stereocenters. The van der Waals surface area contributed by atoms with Crippen molar-refractivity contribution in [1.82, 2.24) is 5.32 Å². The molecule has 112 valence electrons. The SMILES string of the molecule is CCC(C)(C)NC(=O)C(C)Oc1cc(Br)cc(F)c1F. The van der Waals surface area contributed by atoms with Crippen molar-refractivity contribution in [1.29, 1.82) is 0 Å². The molecule has 0 bridgehead atoms. The van der Waals surface area contributed by atoms with Crippen molar-refractivity contribution >= 4 is 21.8 Å². The molecule has 1 aromatic rings. The molecule has 6 heteroatoms. The van der Waals surface area contributed by atoms with E-state index < -0.39 is 17.7 Å². The Morgan fingerprint density at radius 2 is 2.05 bits per heavy atom. The summed E-state index contributed by atoms with van der Waals surface area (Å²) in [5, 5.41) is 2.78. The van der Waals surface area contributed by atoms with E-state index in [9.17, 15) is 13.6 Å². The summed E-state index contributed by atoms with van der Waals surface area (Å²) < 4.78 is 32.3. The monoisotopic (exact) mass is 349 g/mol. The number of rotatable bonds is 5. The van der Waals surface area contributed by atoms with Crippen LogP contribution < -0.4 is 10.1 Å². The normalized spacial score (nSPS) is 12.9. The summed E-state index contributed by atoms with van der Waals surface area (Å²) in [6.45, 7) is 7.17. The van der Waals surface area contributed by atoms with Crippen LogP contribution in [0.2, 0.25) is 0 Å². The first-order valence-electron chi connectivity index (χ1n) is 6.29. The molecule has 1 atom stereocenters. The standard InChI is InChI=1S/C14H18BrF2NO2/c1-5-14(3,4)18-13(19)8(2)20-11-7-9(15)6-10(16)12(11)17/h6-8H,5H2,1-4H3,(H,18,19). The molecule has 0 aromatic heterocycles. The number of amides is 1. The molecule has 20 heavy (non-hydrogen) atoms. The number of carbonyl (C=O) groups excluding carboxylic acids is 1. The van der Waals surface area contributed by atoms with E-state index in [-0.39, 0.29) is 17.2 Å². The van der Waals surface area contributed by atoms with E-state index in [1.165, 1.54) is 13.0 Å². The lowest BCUT2D eigenvalue weighted by molar-refractivity contribution is -0.129. The van der Waals surface area contributed by atoms with Gasteiger partial charge in [0.1, 0.15) is 0 Å². The number of carbonyl (C=O) groups is 1. The van der Waals surface area contributed by atoms with Gasteiger partial charge in [-0.3, -0.25) is 4.79 Å². The lowest BCUT2D eigenvalue weighted by Crippen LogP contribution is -2.48. The second-order valence-electron chi connectivity index (χ2n) is 5.19. The molecule has 0 radical (unpaired) electrons. The number of ether oxygens (including phenoxy) is 1. The smallest absolute Gasteiger partial charge is 0.261 e. The van der Waals surface area contributed by atoms with Gasteiger partial charge < -0.3 is 10.1 Å². The van der Waals surface area contributed by atoms with Crippen LogP contribution in [0.5, 0.6) is 5.75 Å². The largest absolute Gasteiger partial charge is 0.478 e. The molecular formula is C14H18BrF2NO2. The van der Waals surface area contributed by atoms with Crippen LogP contribution in [0.3, 0.4) is 0 Å². The Balaban J connectivity index is 2.81. The Kier molecular flexibility index (Phi) is 5.50. The van der Waals surface area contributed by atoms with Gasteiger partial charge in [-0.15, -0.1) is 0 Å². The minimum absolute atomic E-state index is 0.297. The van der Waals surface area contributed by atoms with Crippen molar-refractivity contribution in [2.45, 2.75) is 45.8 Å². The van der Waals surface area contributed by atoms with Crippen LogP contribution in [0.25, 0.3) is 0 Å². The number of halogens is 3. The summed E-state index contributed by atoms with van der Waals surface area (Å²) in [7, 11) is 0. The van der Waals surface area contributed by atoms with Crippen LogP contribution in [0, 0.1) is 11.6 Å². The minimum Gasteiger partial charge on any atom is -0.478 e. The van der Waals surface area contributed by atoms with E-state index >= 15 is 0 Å². The number of nitrogens with one attached hydrogen (secondary N) is 1. The van der Waals surface area contributed by atoms with Gasteiger partial charge in [0.05, 0.1) is 0 Å². The van der Waals surface area contributed by atoms with Crippen LogP contribution in [0.15, 0.2) is 16.6 Å². The Hall–Kier alpha value is -1.17. The third kappa shape index (κ3) is 4.44. The van der Waals surface area contributed by atoms with E-state index in [1.54, 1.807) is 0 Å². The van der Waals surface area contributed by atoms with E-state index in [2.05, 4.69) is 21.2 Å². The van der Waals surface area contributed by atoms with E-state index in [0.29, 0.717) is 4.47 Å². The summed E-state index contributed by atoms with van der Waals surface area (Å²) >= 11 is 3.05. The predicted molar refractivity (Wildman–Crippen MR) is 76.7 cm³/mol. The summed E-state index contributed by atoms with van der Waals surface area (Å²) in [5.41, 5.74) is -0.379. The molecule has 0 aliphatic rings. The topological polar surface area (TPSA) is 38.3 Å². The van der Waals surface area contributed by atoms with Gasteiger partial charge in [-0.2, -0.15) is 4.39 Å². The number of hydrogen-bond donors (Lipinski definition) is 1. The van der Waals surface area contributed by atoms with Gasteiger partial charge in [-0.25, -0.2) is 4.39 Å². The van der Waals surface area contributed by atoms with Gasteiger partial charge in [-0.05, 0) is 39.3 Å². The fourth-order valence-corrected chi connectivity index (χ4v) is 1.79. The third-order valence-corrected chi connectivity index (χ3v) is 3.44. The van der Waals surface area contributed by atoms with E-state index in [4.69, 9.17) is 4.74 Å². The first-order chi connectivity index (χ1) is 9.16. The molecule has 0 aliphatic carbocycles. The average molecular weight is 350 g/mol. The highest BCUT2D eigenvalue weighted by atomic mass is 79.9. The minimum atomic E-state index is -1.11.